The second-order valence-corrected chi connectivity index (χ2v) is 10.8. The number of halogens is 2. The topological polar surface area (TPSA) is 93.2 Å². The molecule has 218 valence electrons. The van der Waals surface area contributed by atoms with E-state index in [4.69, 9.17) is 32.7 Å². The number of benzene rings is 4. The van der Waals surface area contributed by atoms with Crippen LogP contribution in [0.1, 0.15) is 24.0 Å². The van der Waals surface area contributed by atoms with Crippen LogP contribution >= 0.6 is 23.2 Å². The van der Waals surface area contributed by atoms with E-state index < -0.39 is 0 Å². The normalized spacial score (nSPS) is 14.4. The van der Waals surface area contributed by atoms with Crippen LogP contribution in [0.2, 0.25) is 10.0 Å². The van der Waals surface area contributed by atoms with E-state index in [0.29, 0.717) is 44.4 Å². The third-order valence-corrected chi connectivity index (χ3v) is 7.77. The van der Waals surface area contributed by atoms with Gasteiger partial charge in [-0.1, -0.05) is 42.3 Å². The van der Waals surface area contributed by atoms with Crippen LogP contribution in [0.15, 0.2) is 109 Å². The molecule has 4 aromatic rings. The van der Waals surface area contributed by atoms with Gasteiger partial charge in [-0.2, -0.15) is 0 Å². The van der Waals surface area contributed by atoms with E-state index >= 15 is 0 Å². The van der Waals surface area contributed by atoms with Gasteiger partial charge in [0.05, 0.1) is 21.4 Å². The summed E-state index contributed by atoms with van der Waals surface area (Å²) >= 11 is 13.2. The van der Waals surface area contributed by atoms with Gasteiger partial charge in [0, 0.05) is 30.2 Å². The van der Waals surface area contributed by atoms with E-state index in [1.165, 1.54) is 24.3 Å². The van der Waals surface area contributed by atoms with Crippen molar-refractivity contribution in [2.45, 2.75) is 12.8 Å². The number of rotatable bonds is 8. The average Bonchev–Trinajstić information content (AvgIpc) is 3.54. The Balaban J connectivity index is 1.11. The largest absolute Gasteiger partial charge is 0.456 e. The Labute approximate surface area is 262 Å². The molecule has 0 N–H and O–H groups in total. The number of hydrogen-bond donors (Lipinski definition) is 0. The molecule has 8 nitrogen and oxygen atoms in total. The molecule has 4 aromatic carbocycles. The van der Waals surface area contributed by atoms with Gasteiger partial charge in [0.1, 0.15) is 23.0 Å². The van der Waals surface area contributed by atoms with E-state index in [1.807, 2.05) is 31.2 Å². The minimum absolute atomic E-state index is 0.0556. The fourth-order valence-electron chi connectivity index (χ4n) is 4.82. The van der Waals surface area contributed by atoms with Crippen LogP contribution in [0.4, 0.5) is 11.4 Å². The molecule has 0 aliphatic carbocycles. The van der Waals surface area contributed by atoms with Crippen molar-refractivity contribution in [2.24, 2.45) is 0 Å². The Kier molecular flexibility index (Phi) is 7.78. The molecular formula is C34H22Cl2N2O6. The molecule has 2 aliphatic heterocycles. The second kappa shape index (κ2) is 11.8. The van der Waals surface area contributed by atoms with Gasteiger partial charge >= 0.3 is 0 Å². The number of ether oxygens (including phenoxy) is 2. The summed E-state index contributed by atoms with van der Waals surface area (Å²) < 4.78 is 11.9. The molecule has 0 radical (unpaired) electrons. The first-order valence-corrected chi connectivity index (χ1v) is 14.2. The van der Waals surface area contributed by atoms with Crippen molar-refractivity contribution in [1.29, 1.82) is 0 Å². The first kappa shape index (κ1) is 28.9. The van der Waals surface area contributed by atoms with Gasteiger partial charge < -0.3 is 9.47 Å². The van der Waals surface area contributed by atoms with Gasteiger partial charge in [-0.25, -0.2) is 9.80 Å². The Morgan fingerprint density at radius 2 is 0.864 bits per heavy atom. The lowest BCUT2D eigenvalue weighted by atomic mass is 9.93. The highest BCUT2D eigenvalue weighted by Crippen LogP contribution is 2.38. The fraction of sp³-hybridized carbons (Fsp3) is 0.0588. The number of amides is 4. The van der Waals surface area contributed by atoms with Crippen LogP contribution in [0, 0.1) is 0 Å². The maximum Gasteiger partial charge on any atom is 0.258 e. The maximum atomic E-state index is 11.9. The highest BCUT2D eigenvalue weighted by Gasteiger charge is 2.26. The quantitative estimate of drug-likeness (QED) is 0.187. The van der Waals surface area contributed by atoms with Crippen molar-refractivity contribution in [1.82, 2.24) is 0 Å². The van der Waals surface area contributed by atoms with Crippen LogP contribution in [-0.4, -0.2) is 23.6 Å². The van der Waals surface area contributed by atoms with E-state index in [0.717, 1.165) is 20.9 Å². The summed E-state index contributed by atoms with van der Waals surface area (Å²) in [5.74, 6) is 0.284. The summed E-state index contributed by atoms with van der Waals surface area (Å²) in [6.45, 7) is 2.03. The van der Waals surface area contributed by atoms with Gasteiger partial charge in [-0.05, 0) is 83.9 Å². The van der Waals surface area contributed by atoms with Crippen molar-refractivity contribution >= 4 is 58.2 Å². The van der Waals surface area contributed by atoms with Gasteiger partial charge in [-0.15, -0.1) is 0 Å². The lowest BCUT2D eigenvalue weighted by Gasteiger charge is -2.17. The highest BCUT2D eigenvalue weighted by atomic mass is 35.5. The van der Waals surface area contributed by atoms with Crippen molar-refractivity contribution in [2.75, 3.05) is 9.80 Å². The van der Waals surface area contributed by atoms with Gasteiger partial charge in [0.15, 0.2) is 0 Å². The van der Waals surface area contributed by atoms with Gasteiger partial charge in [-0.3, -0.25) is 19.2 Å². The standard InChI is InChI=1S/C34H22Cl2N2O6/c1-20(21-2-12-29(27(35)18-21)43-25-8-4-23(5-9-25)37-31(39)14-15-32(37)40)22-3-13-30(28(36)19-22)44-26-10-6-24(7-11-26)38-33(41)16-17-34(38)42/h2-20H,1H3. The van der Waals surface area contributed by atoms with Crippen LogP contribution in [-0.2, 0) is 19.2 Å². The molecule has 2 heterocycles. The van der Waals surface area contributed by atoms with Crippen molar-refractivity contribution in [3.63, 3.8) is 0 Å². The second-order valence-electron chi connectivity index (χ2n) is 9.98. The van der Waals surface area contributed by atoms with Crippen molar-refractivity contribution in [3.8, 4) is 23.0 Å². The van der Waals surface area contributed by atoms with Crippen LogP contribution in [0.3, 0.4) is 0 Å². The molecule has 10 heteroatoms. The number of carbonyl (C=O) groups excluding carboxylic acids is 4. The Bertz CT molecular complexity index is 1710. The number of anilines is 2. The van der Waals surface area contributed by atoms with Crippen molar-refractivity contribution in [3.05, 3.63) is 130 Å². The zero-order valence-corrected chi connectivity index (χ0v) is 24.6. The SMILES string of the molecule is CC(c1ccc(Oc2ccc(N3C(=O)C=CC3=O)cc2)c(Cl)c1)c1ccc(Oc2ccc(N3C(=O)C=CC3=O)cc2)c(Cl)c1. The maximum absolute atomic E-state index is 11.9. The number of imide groups is 2. The van der Waals surface area contributed by atoms with Gasteiger partial charge in [0.25, 0.3) is 23.6 Å². The lowest BCUT2D eigenvalue weighted by Crippen LogP contribution is -2.29. The summed E-state index contributed by atoms with van der Waals surface area (Å²) in [5.41, 5.74) is 2.78. The van der Waals surface area contributed by atoms with Crippen LogP contribution in [0.25, 0.3) is 0 Å². The summed E-state index contributed by atoms with van der Waals surface area (Å²) in [5, 5.41) is 0.824. The predicted molar refractivity (Wildman–Crippen MR) is 167 cm³/mol. The monoisotopic (exact) mass is 624 g/mol. The predicted octanol–water partition coefficient (Wildman–Crippen LogP) is 7.59. The first-order valence-electron chi connectivity index (χ1n) is 13.4. The number of nitrogens with zero attached hydrogens (tertiary/aromatic N) is 2. The molecule has 44 heavy (non-hydrogen) atoms. The number of hydrogen-bond acceptors (Lipinski definition) is 6. The molecule has 0 unspecified atom stereocenters. The third kappa shape index (κ3) is 5.73. The molecule has 6 rings (SSSR count). The van der Waals surface area contributed by atoms with E-state index in [9.17, 15) is 19.2 Å². The summed E-state index contributed by atoms with van der Waals surface area (Å²) in [4.78, 5) is 49.8. The molecule has 0 spiro atoms. The molecule has 0 atom stereocenters. The van der Waals surface area contributed by atoms with Gasteiger partial charge in [0.2, 0.25) is 0 Å². The lowest BCUT2D eigenvalue weighted by molar-refractivity contribution is -0.121. The Morgan fingerprint density at radius 1 is 0.523 bits per heavy atom. The molecular weight excluding hydrogens is 603 g/mol. The number of carbonyl (C=O) groups is 4. The smallest absolute Gasteiger partial charge is 0.258 e. The van der Waals surface area contributed by atoms with Crippen LogP contribution in [0.5, 0.6) is 23.0 Å². The summed E-state index contributed by atoms with van der Waals surface area (Å²) in [7, 11) is 0. The first-order chi connectivity index (χ1) is 21.2. The molecule has 0 saturated heterocycles. The molecule has 2 aliphatic rings. The Morgan fingerprint density at radius 3 is 1.18 bits per heavy atom. The molecule has 4 amide bonds. The molecule has 0 saturated carbocycles. The van der Waals surface area contributed by atoms with E-state index in [2.05, 4.69) is 0 Å². The average molecular weight is 625 g/mol. The third-order valence-electron chi connectivity index (χ3n) is 7.18. The summed E-state index contributed by atoms with van der Waals surface area (Å²) in [6, 6.07) is 24.2. The summed E-state index contributed by atoms with van der Waals surface area (Å²) in [6.07, 6.45) is 4.93. The molecule has 0 bridgehead atoms. The zero-order valence-electron chi connectivity index (χ0n) is 23.1. The molecule has 0 aromatic heterocycles. The van der Waals surface area contributed by atoms with Crippen molar-refractivity contribution < 1.29 is 28.7 Å². The minimum atomic E-state index is -0.389. The van der Waals surface area contributed by atoms with Crippen LogP contribution < -0.4 is 19.3 Å². The minimum Gasteiger partial charge on any atom is -0.456 e. The zero-order chi connectivity index (χ0) is 31.0. The van der Waals surface area contributed by atoms with E-state index in [-0.39, 0.29) is 29.5 Å². The van der Waals surface area contributed by atoms with E-state index in [1.54, 1.807) is 60.7 Å². The Hall–Kier alpha value is -5.18. The molecule has 0 fully saturated rings. The highest BCUT2D eigenvalue weighted by molar-refractivity contribution is 6.32. The fourth-order valence-corrected chi connectivity index (χ4v) is 5.28.